The third kappa shape index (κ3) is 5.18. The van der Waals surface area contributed by atoms with Gasteiger partial charge in [-0.1, -0.05) is 61.4 Å². The molecule has 2 aliphatic rings. The summed E-state index contributed by atoms with van der Waals surface area (Å²) in [4.78, 5) is 36.6. The van der Waals surface area contributed by atoms with E-state index in [0.29, 0.717) is 32.5 Å². The summed E-state index contributed by atoms with van der Waals surface area (Å²) in [5.41, 5.74) is 4.78. The summed E-state index contributed by atoms with van der Waals surface area (Å²) in [5, 5.41) is 11.8. The van der Waals surface area contributed by atoms with Gasteiger partial charge in [0, 0.05) is 25.4 Å². The molecule has 0 aromatic heterocycles. The van der Waals surface area contributed by atoms with Gasteiger partial charge in [-0.15, -0.1) is 0 Å². The van der Waals surface area contributed by atoms with Gasteiger partial charge in [0.15, 0.2) is 0 Å². The lowest BCUT2D eigenvalue weighted by Gasteiger charge is -2.38. The number of nitrogens with one attached hydrogen (secondary N) is 1. The summed E-state index contributed by atoms with van der Waals surface area (Å²) in [6, 6.07) is 15.8. The topological polar surface area (TPSA) is 95.9 Å². The SMILES string of the molecule is O=C(NCCCCCCC(=O)N1CCC1C(=O)O)OCC1c2ccccc2-c2ccccc21. The van der Waals surface area contributed by atoms with Crippen LogP contribution in [0.3, 0.4) is 0 Å². The predicted octanol–water partition coefficient (Wildman–Crippen LogP) is 4.16. The average molecular weight is 451 g/mol. The van der Waals surface area contributed by atoms with Crippen LogP contribution >= 0.6 is 0 Å². The number of rotatable bonds is 10. The Labute approximate surface area is 193 Å². The Morgan fingerprint density at radius 3 is 2.18 bits per heavy atom. The number of likely N-dealkylation sites (tertiary alicyclic amines) is 1. The van der Waals surface area contributed by atoms with Crippen molar-refractivity contribution in [1.29, 1.82) is 0 Å². The third-order valence-corrected chi connectivity index (χ3v) is 6.56. The summed E-state index contributed by atoms with van der Waals surface area (Å²) in [7, 11) is 0. The van der Waals surface area contributed by atoms with Crippen molar-refractivity contribution in [3.8, 4) is 11.1 Å². The molecule has 2 amide bonds. The van der Waals surface area contributed by atoms with Crippen LogP contribution in [0.1, 0.15) is 55.6 Å². The molecule has 0 spiro atoms. The number of benzene rings is 2. The number of hydrogen-bond donors (Lipinski definition) is 2. The smallest absolute Gasteiger partial charge is 0.407 e. The second-order valence-corrected chi connectivity index (χ2v) is 8.65. The summed E-state index contributed by atoms with van der Waals surface area (Å²) in [6.07, 6.45) is 3.80. The molecule has 33 heavy (non-hydrogen) atoms. The van der Waals surface area contributed by atoms with Crippen LogP contribution in [0.5, 0.6) is 0 Å². The van der Waals surface area contributed by atoms with Gasteiger partial charge in [0.1, 0.15) is 12.6 Å². The van der Waals surface area contributed by atoms with E-state index in [1.165, 1.54) is 27.2 Å². The summed E-state index contributed by atoms with van der Waals surface area (Å²) in [6.45, 7) is 1.37. The number of carboxylic acids is 1. The number of nitrogens with zero attached hydrogens (tertiary/aromatic N) is 1. The van der Waals surface area contributed by atoms with Crippen molar-refractivity contribution >= 4 is 18.0 Å². The lowest BCUT2D eigenvalue weighted by Crippen LogP contribution is -2.55. The number of hydrogen-bond acceptors (Lipinski definition) is 4. The van der Waals surface area contributed by atoms with E-state index in [2.05, 4.69) is 29.6 Å². The number of carboxylic acid groups (broad SMARTS) is 1. The lowest BCUT2D eigenvalue weighted by atomic mass is 9.98. The molecule has 1 saturated heterocycles. The number of carbonyl (C=O) groups excluding carboxylic acids is 2. The molecule has 2 aromatic rings. The quantitative estimate of drug-likeness (QED) is 0.530. The Balaban J connectivity index is 1.11. The molecule has 1 aliphatic carbocycles. The van der Waals surface area contributed by atoms with Gasteiger partial charge in [0.25, 0.3) is 0 Å². The zero-order valence-corrected chi connectivity index (χ0v) is 18.7. The molecule has 7 nitrogen and oxygen atoms in total. The molecule has 7 heteroatoms. The highest BCUT2D eigenvalue weighted by molar-refractivity contribution is 5.85. The van der Waals surface area contributed by atoms with E-state index in [0.717, 1.165) is 25.7 Å². The summed E-state index contributed by atoms with van der Waals surface area (Å²) >= 11 is 0. The largest absolute Gasteiger partial charge is 0.480 e. The minimum absolute atomic E-state index is 0.0489. The van der Waals surface area contributed by atoms with Gasteiger partial charge in [-0.3, -0.25) is 4.79 Å². The maximum absolute atomic E-state index is 12.2. The molecular formula is C26H30N2O5. The average Bonchev–Trinajstić information content (AvgIpc) is 3.09. The molecule has 1 fully saturated rings. The molecule has 2 aromatic carbocycles. The molecule has 1 atom stereocenters. The number of aliphatic carboxylic acids is 1. The molecule has 0 radical (unpaired) electrons. The first kappa shape index (κ1) is 22.8. The van der Waals surface area contributed by atoms with Crippen LogP contribution in [0.15, 0.2) is 48.5 Å². The molecule has 0 saturated carbocycles. The van der Waals surface area contributed by atoms with Crippen molar-refractivity contribution in [3.05, 3.63) is 59.7 Å². The van der Waals surface area contributed by atoms with Gasteiger partial charge in [-0.05, 0) is 41.5 Å². The van der Waals surface area contributed by atoms with Gasteiger partial charge in [0.05, 0.1) is 0 Å². The maximum atomic E-state index is 12.2. The summed E-state index contributed by atoms with van der Waals surface area (Å²) in [5.74, 6) is -0.952. The van der Waals surface area contributed by atoms with E-state index in [1.54, 1.807) is 0 Å². The lowest BCUT2D eigenvalue weighted by molar-refractivity contribution is -0.157. The van der Waals surface area contributed by atoms with Gasteiger partial charge in [0.2, 0.25) is 5.91 Å². The number of unbranched alkanes of at least 4 members (excludes halogenated alkanes) is 3. The highest BCUT2D eigenvalue weighted by Gasteiger charge is 2.36. The van der Waals surface area contributed by atoms with Crippen LogP contribution in [0.4, 0.5) is 4.79 Å². The normalized spacial score (nSPS) is 16.5. The second kappa shape index (κ2) is 10.5. The van der Waals surface area contributed by atoms with E-state index < -0.39 is 18.1 Å². The van der Waals surface area contributed by atoms with Crippen molar-refractivity contribution in [1.82, 2.24) is 10.2 Å². The third-order valence-electron chi connectivity index (χ3n) is 6.56. The van der Waals surface area contributed by atoms with Crippen LogP contribution in [0.25, 0.3) is 11.1 Å². The second-order valence-electron chi connectivity index (χ2n) is 8.65. The van der Waals surface area contributed by atoms with Crippen LogP contribution in [-0.4, -0.2) is 53.7 Å². The standard InChI is InChI=1S/C26H30N2O5/c29-24(28-16-14-23(28)25(30)31)13-3-1-2-8-15-27-26(32)33-17-22-20-11-6-4-9-18(20)19-10-5-7-12-21(19)22/h4-7,9-12,22-23H,1-3,8,13-17H2,(H,27,32)(H,30,31). The molecule has 1 heterocycles. The zero-order valence-electron chi connectivity index (χ0n) is 18.7. The Morgan fingerprint density at radius 2 is 1.58 bits per heavy atom. The van der Waals surface area contributed by atoms with Crippen molar-refractivity contribution < 1.29 is 24.2 Å². The van der Waals surface area contributed by atoms with Gasteiger partial charge in [-0.25, -0.2) is 9.59 Å². The van der Waals surface area contributed by atoms with Crippen LogP contribution in [0, 0.1) is 0 Å². The first-order valence-electron chi connectivity index (χ1n) is 11.7. The number of ether oxygens (including phenoxy) is 1. The number of carbonyl (C=O) groups is 3. The van der Waals surface area contributed by atoms with Crippen molar-refractivity contribution in [3.63, 3.8) is 0 Å². The monoisotopic (exact) mass is 450 g/mol. The first-order valence-corrected chi connectivity index (χ1v) is 11.7. The molecule has 2 N–H and O–H groups in total. The molecule has 4 rings (SSSR count). The Morgan fingerprint density at radius 1 is 0.939 bits per heavy atom. The van der Waals surface area contributed by atoms with E-state index >= 15 is 0 Å². The minimum Gasteiger partial charge on any atom is -0.480 e. The molecule has 174 valence electrons. The first-order chi connectivity index (χ1) is 16.1. The molecule has 1 aliphatic heterocycles. The zero-order chi connectivity index (χ0) is 23.2. The molecule has 1 unspecified atom stereocenters. The Bertz CT molecular complexity index is 976. The Kier molecular flexibility index (Phi) is 7.27. The highest BCUT2D eigenvalue weighted by Crippen LogP contribution is 2.44. The maximum Gasteiger partial charge on any atom is 0.407 e. The van der Waals surface area contributed by atoms with Crippen molar-refractivity contribution in [2.45, 2.75) is 50.5 Å². The fraction of sp³-hybridized carbons (Fsp3) is 0.423. The fourth-order valence-corrected chi connectivity index (χ4v) is 4.68. The van der Waals surface area contributed by atoms with E-state index in [4.69, 9.17) is 9.84 Å². The highest BCUT2D eigenvalue weighted by atomic mass is 16.5. The van der Waals surface area contributed by atoms with Crippen LogP contribution in [-0.2, 0) is 14.3 Å². The number of amides is 2. The fourth-order valence-electron chi connectivity index (χ4n) is 4.68. The minimum atomic E-state index is -0.922. The Hall–Kier alpha value is -3.35. The predicted molar refractivity (Wildman–Crippen MR) is 124 cm³/mol. The van der Waals surface area contributed by atoms with E-state index in [9.17, 15) is 14.4 Å². The summed E-state index contributed by atoms with van der Waals surface area (Å²) < 4.78 is 5.53. The van der Waals surface area contributed by atoms with E-state index in [-0.39, 0.29) is 11.8 Å². The van der Waals surface area contributed by atoms with Crippen molar-refractivity contribution in [2.24, 2.45) is 0 Å². The van der Waals surface area contributed by atoms with Gasteiger partial charge >= 0.3 is 12.1 Å². The molecular weight excluding hydrogens is 420 g/mol. The number of alkyl carbamates (subject to hydrolysis) is 1. The van der Waals surface area contributed by atoms with Gasteiger partial charge < -0.3 is 20.1 Å². The van der Waals surface area contributed by atoms with Gasteiger partial charge in [-0.2, -0.15) is 0 Å². The molecule has 0 bridgehead atoms. The van der Waals surface area contributed by atoms with Crippen LogP contribution in [0.2, 0.25) is 0 Å². The number of fused-ring (bicyclic) bond motifs is 3. The van der Waals surface area contributed by atoms with Crippen LogP contribution < -0.4 is 5.32 Å². The van der Waals surface area contributed by atoms with Crippen molar-refractivity contribution in [2.75, 3.05) is 19.7 Å². The van der Waals surface area contributed by atoms with E-state index in [1.807, 2.05) is 24.3 Å².